The number of alkyl halides is 2. The lowest BCUT2D eigenvalue weighted by atomic mass is 9.87. The van der Waals surface area contributed by atoms with E-state index in [9.17, 15) is 22.0 Å². The molecule has 9 heteroatoms. The number of hydrogen-bond acceptors (Lipinski definition) is 5. The molecular weight excluding hydrogens is 394 g/mol. The molecule has 1 fully saturated rings. The van der Waals surface area contributed by atoms with Gasteiger partial charge in [-0.25, -0.2) is 22.2 Å². The molecule has 0 spiro atoms. The number of nitrogens with one attached hydrogen (secondary N) is 1. The van der Waals surface area contributed by atoms with Crippen molar-refractivity contribution in [1.29, 1.82) is 0 Å². The molecule has 2 aromatic rings. The fourth-order valence-electron chi connectivity index (χ4n) is 3.37. The summed E-state index contributed by atoms with van der Waals surface area (Å²) in [6.07, 6.45) is 0.143. The third-order valence-corrected chi connectivity index (χ3v) is 6.59. The highest BCUT2D eigenvalue weighted by Gasteiger charge is 2.37. The second kappa shape index (κ2) is 8.02. The Morgan fingerprint density at radius 1 is 1.26 bits per heavy atom. The summed E-state index contributed by atoms with van der Waals surface area (Å²) in [7, 11) is -3.35. The van der Waals surface area contributed by atoms with Crippen molar-refractivity contribution in [1.82, 2.24) is 4.98 Å². The van der Waals surface area contributed by atoms with Crippen LogP contribution in [0.4, 0.5) is 13.9 Å². The van der Waals surface area contributed by atoms with Gasteiger partial charge >= 0.3 is 0 Å². The Morgan fingerprint density at radius 3 is 2.41 bits per heavy atom. The number of benzene rings is 1. The van der Waals surface area contributed by atoms with Gasteiger partial charge in [0.15, 0.2) is 15.0 Å². The topological polar surface area (TPSA) is 76.1 Å². The van der Waals surface area contributed by atoms with Crippen LogP contribution < -0.4 is 5.32 Å². The Morgan fingerprint density at radius 2 is 1.89 bits per heavy atom. The number of nitrogens with zero attached hydrogens (tertiary/aromatic N) is 1. The van der Waals surface area contributed by atoms with E-state index in [-0.39, 0.29) is 36.0 Å². The van der Waals surface area contributed by atoms with Gasteiger partial charge in [-0.05, 0) is 42.9 Å². The van der Waals surface area contributed by atoms with Gasteiger partial charge in [-0.3, -0.25) is 4.79 Å². The van der Waals surface area contributed by atoms with Crippen molar-refractivity contribution in [3.8, 4) is 0 Å². The molecule has 0 radical (unpaired) electrons. The molecule has 5 nitrogen and oxygen atoms in total. The summed E-state index contributed by atoms with van der Waals surface area (Å²) in [5.41, 5.74) is 0.606. The van der Waals surface area contributed by atoms with Crippen molar-refractivity contribution in [3.63, 3.8) is 0 Å². The van der Waals surface area contributed by atoms with Crippen molar-refractivity contribution in [3.05, 3.63) is 41.4 Å². The van der Waals surface area contributed by atoms with E-state index in [1.54, 1.807) is 23.7 Å². The van der Waals surface area contributed by atoms with Crippen molar-refractivity contribution >= 4 is 32.2 Å². The molecule has 1 N–H and O–H groups in total. The lowest BCUT2D eigenvalue weighted by Crippen LogP contribution is -2.23. The Hall–Kier alpha value is -1.87. The number of rotatable bonds is 6. The minimum absolute atomic E-state index is 0.0869. The quantitative estimate of drug-likeness (QED) is 0.781. The minimum Gasteiger partial charge on any atom is -0.301 e. The molecular formula is C18H20F2N2O3S2. The molecule has 3 rings (SSSR count). The molecule has 1 heterocycles. The Balaban J connectivity index is 1.83. The van der Waals surface area contributed by atoms with Crippen LogP contribution in [-0.2, 0) is 14.6 Å². The first-order valence-electron chi connectivity index (χ1n) is 8.52. The highest BCUT2D eigenvalue weighted by atomic mass is 32.2. The van der Waals surface area contributed by atoms with E-state index in [0.717, 1.165) is 6.26 Å². The summed E-state index contributed by atoms with van der Waals surface area (Å²) in [4.78, 5) is 17.0. The molecule has 1 amide bonds. The predicted molar refractivity (Wildman–Crippen MR) is 100 cm³/mol. The zero-order valence-corrected chi connectivity index (χ0v) is 16.3. The van der Waals surface area contributed by atoms with Gasteiger partial charge in [-0.1, -0.05) is 12.1 Å². The number of hydrogen-bond donors (Lipinski definition) is 1. The Bertz CT molecular complexity index is 876. The monoisotopic (exact) mass is 414 g/mol. The Labute approximate surface area is 160 Å². The Kier molecular flexibility index (Phi) is 5.90. The number of carbonyl (C=O) groups excluding carboxylic acids is 1. The molecule has 2 unspecified atom stereocenters. The second-order valence-corrected chi connectivity index (χ2v) is 9.74. The van der Waals surface area contributed by atoms with Crippen LogP contribution in [0.15, 0.2) is 40.7 Å². The number of sulfone groups is 1. The summed E-state index contributed by atoms with van der Waals surface area (Å²) in [5, 5.41) is 4.89. The van der Waals surface area contributed by atoms with Crippen molar-refractivity contribution in [2.24, 2.45) is 5.92 Å². The number of aromatic nitrogens is 1. The maximum atomic E-state index is 13.6. The summed E-state index contributed by atoms with van der Waals surface area (Å²) in [5.74, 6) is -1.23. The van der Waals surface area contributed by atoms with Crippen LogP contribution in [0.1, 0.15) is 30.7 Å². The standard InChI is InChI=1S/C18H20F2N2O3S2/c1-27(24,25)13-4-2-12(3-5-13)14(8-11-9-15(19)16(20)10-11)17(23)22-18-21-6-7-26-18/h2-7,11,14-16H,8-10H2,1H3,(H,21,22,23)/t11?,14-,15?,16?/m1/s1. The van der Waals surface area contributed by atoms with Gasteiger partial charge in [0.25, 0.3) is 0 Å². The highest BCUT2D eigenvalue weighted by Crippen LogP contribution is 2.38. The first-order chi connectivity index (χ1) is 12.7. The second-order valence-electron chi connectivity index (χ2n) is 6.83. The first-order valence-corrected chi connectivity index (χ1v) is 11.3. The van der Waals surface area contributed by atoms with E-state index in [1.807, 2.05) is 0 Å². The molecule has 1 aliphatic rings. The van der Waals surface area contributed by atoms with Gasteiger partial charge in [0.1, 0.15) is 12.3 Å². The summed E-state index contributed by atoms with van der Waals surface area (Å²) in [6, 6.07) is 6.05. The van der Waals surface area contributed by atoms with Crippen molar-refractivity contribution < 1.29 is 22.0 Å². The number of thiazole rings is 1. The zero-order chi connectivity index (χ0) is 19.6. The fourth-order valence-corrected chi connectivity index (χ4v) is 4.54. The summed E-state index contributed by atoms with van der Waals surface area (Å²) < 4.78 is 50.4. The summed E-state index contributed by atoms with van der Waals surface area (Å²) >= 11 is 1.27. The van der Waals surface area contributed by atoms with E-state index < -0.39 is 28.1 Å². The van der Waals surface area contributed by atoms with E-state index in [2.05, 4.69) is 10.3 Å². The molecule has 1 aromatic heterocycles. The van der Waals surface area contributed by atoms with Gasteiger partial charge in [0.05, 0.1) is 10.8 Å². The van der Waals surface area contributed by atoms with Crippen LogP contribution in [-0.4, -0.2) is 37.9 Å². The van der Waals surface area contributed by atoms with Crippen LogP contribution in [0.25, 0.3) is 0 Å². The van der Waals surface area contributed by atoms with Crippen LogP contribution in [0.3, 0.4) is 0 Å². The normalized spacial score (nSPS) is 23.9. The van der Waals surface area contributed by atoms with Crippen molar-refractivity contribution in [2.45, 2.75) is 42.4 Å². The van der Waals surface area contributed by atoms with E-state index in [4.69, 9.17) is 0 Å². The van der Waals surface area contributed by atoms with E-state index in [1.165, 1.54) is 23.5 Å². The lowest BCUT2D eigenvalue weighted by Gasteiger charge is -2.20. The SMILES string of the molecule is CS(=O)(=O)c1ccc([C@@H](CC2CC(F)C(F)C2)C(=O)Nc2nccs2)cc1. The van der Waals surface area contributed by atoms with Crippen LogP contribution in [0, 0.1) is 5.92 Å². The third kappa shape index (κ3) is 4.90. The average Bonchev–Trinajstić information content (AvgIpc) is 3.22. The number of anilines is 1. The molecule has 27 heavy (non-hydrogen) atoms. The smallest absolute Gasteiger partial charge is 0.233 e. The zero-order valence-electron chi connectivity index (χ0n) is 14.6. The molecule has 1 saturated carbocycles. The molecule has 3 atom stereocenters. The number of amides is 1. The fraction of sp³-hybridized carbons (Fsp3) is 0.444. The van der Waals surface area contributed by atoms with Gasteiger partial charge in [0, 0.05) is 17.8 Å². The molecule has 0 bridgehead atoms. The first kappa shape index (κ1) is 19.9. The van der Waals surface area contributed by atoms with E-state index >= 15 is 0 Å². The molecule has 0 aliphatic heterocycles. The summed E-state index contributed by atoms with van der Waals surface area (Å²) in [6.45, 7) is 0. The molecule has 1 aliphatic carbocycles. The lowest BCUT2D eigenvalue weighted by molar-refractivity contribution is -0.118. The number of halogens is 2. The average molecular weight is 414 g/mol. The maximum absolute atomic E-state index is 13.6. The molecule has 146 valence electrons. The van der Waals surface area contributed by atoms with Crippen molar-refractivity contribution in [2.75, 3.05) is 11.6 Å². The van der Waals surface area contributed by atoms with Gasteiger partial charge < -0.3 is 5.32 Å². The van der Waals surface area contributed by atoms with Crippen LogP contribution >= 0.6 is 11.3 Å². The van der Waals surface area contributed by atoms with Gasteiger partial charge in [-0.15, -0.1) is 11.3 Å². The molecule has 0 saturated heterocycles. The maximum Gasteiger partial charge on any atom is 0.233 e. The minimum atomic E-state index is -3.35. The van der Waals surface area contributed by atoms with Gasteiger partial charge in [-0.2, -0.15) is 0 Å². The third-order valence-electron chi connectivity index (χ3n) is 4.77. The largest absolute Gasteiger partial charge is 0.301 e. The van der Waals surface area contributed by atoms with E-state index in [0.29, 0.717) is 10.7 Å². The van der Waals surface area contributed by atoms with Gasteiger partial charge in [0.2, 0.25) is 5.91 Å². The van der Waals surface area contributed by atoms with Crippen LogP contribution in [0.2, 0.25) is 0 Å². The highest BCUT2D eigenvalue weighted by molar-refractivity contribution is 7.90. The molecule has 1 aromatic carbocycles. The van der Waals surface area contributed by atoms with Crippen LogP contribution in [0.5, 0.6) is 0 Å². The predicted octanol–water partition coefficient (Wildman–Crippen LogP) is 3.75. The number of carbonyl (C=O) groups is 1.